The van der Waals surface area contributed by atoms with E-state index in [1.807, 2.05) is 13.8 Å². The fourth-order valence-corrected chi connectivity index (χ4v) is 1.24. The standard InChI is InChI=1S/C12H22N2O4/c1-4-5-10(11(15)16)14-12(17)13-6-7-18-8-9(2)3/h10H,2,4-8H2,1,3H3,(H,15,16)(H2,13,14,17)/t10-/m0/s1. The predicted octanol–water partition coefficient (Wildman–Crippen LogP) is 1.13. The summed E-state index contributed by atoms with van der Waals surface area (Å²) in [5.74, 6) is -1.02. The smallest absolute Gasteiger partial charge is 0.326 e. The van der Waals surface area contributed by atoms with Crippen LogP contribution in [-0.4, -0.2) is 42.9 Å². The Hall–Kier alpha value is -1.56. The van der Waals surface area contributed by atoms with E-state index < -0.39 is 18.0 Å². The van der Waals surface area contributed by atoms with E-state index in [-0.39, 0.29) is 0 Å². The minimum absolute atomic E-state index is 0.331. The van der Waals surface area contributed by atoms with E-state index in [1.54, 1.807) is 0 Å². The Morgan fingerprint density at radius 2 is 2.11 bits per heavy atom. The number of ether oxygens (including phenoxy) is 1. The summed E-state index contributed by atoms with van der Waals surface area (Å²) >= 11 is 0. The highest BCUT2D eigenvalue weighted by Crippen LogP contribution is 1.96. The van der Waals surface area contributed by atoms with Gasteiger partial charge in [-0.05, 0) is 13.3 Å². The number of carboxylic acid groups (broad SMARTS) is 1. The highest BCUT2D eigenvalue weighted by molar-refractivity contribution is 5.82. The van der Waals surface area contributed by atoms with Crippen LogP contribution in [0.5, 0.6) is 0 Å². The topological polar surface area (TPSA) is 87.7 Å². The SMILES string of the molecule is C=C(C)COCCNC(=O)N[C@@H](CCC)C(=O)O. The highest BCUT2D eigenvalue weighted by Gasteiger charge is 2.18. The van der Waals surface area contributed by atoms with Crippen LogP contribution in [0.3, 0.4) is 0 Å². The Kier molecular flexibility index (Phi) is 8.65. The van der Waals surface area contributed by atoms with Crippen LogP contribution in [0, 0.1) is 0 Å². The van der Waals surface area contributed by atoms with Crippen molar-refractivity contribution in [1.29, 1.82) is 0 Å². The number of hydrogen-bond donors (Lipinski definition) is 3. The molecule has 0 aliphatic rings. The highest BCUT2D eigenvalue weighted by atomic mass is 16.5. The van der Waals surface area contributed by atoms with E-state index in [1.165, 1.54) is 0 Å². The third-order valence-corrected chi connectivity index (χ3v) is 2.06. The number of amides is 2. The number of carboxylic acids is 1. The van der Waals surface area contributed by atoms with Gasteiger partial charge in [0.2, 0.25) is 0 Å². The van der Waals surface area contributed by atoms with Crippen molar-refractivity contribution in [3.05, 3.63) is 12.2 Å². The quantitative estimate of drug-likeness (QED) is 0.427. The van der Waals surface area contributed by atoms with Crippen molar-refractivity contribution >= 4 is 12.0 Å². The first-order valence-electron chi connectivity index (χ1n) is 5.96. The van der Waals surface area contributed by atoms with Gasteiger partial charge in [0.15, 0.2) is 0 Å². The van der Waals surface area contributed by atoms with Gasteiger partial charge < -0.3 is 20.5 Å². The number of carbonyl (C=O) groups excluding carboxylic acids is 1. The average molecular weight is 258 g/mol. The number of hydrogen-bond acceptors (Lipinski definition) is 3. The fourth-order valence-electron chi connectivity index (χ4n) is 1.24. The Labute approximate surface area is 107 Å². The van der Waals surface area contributed by atoms with Gasteiger partial charge in [-0.15, -0.1) is 0 Å². The maximum Gasteiger partial charge on any atom is 0.326 e. The zero-order valence-electron chi connectivity index (χ0n) is 11.0. The van der Waals surface area contributed by atoms with E-state index in [2.05, 4.69) is 17.2 Å². The second-order valence-electron chi connectivity index (χ2n) is 4.09. The van der Waals surface area contributed by atoms with Crippen LogP contribution in [0.1, 0.15) is 26.7 Å². The lowest BCUT2D eigenvalue weighted by molar-refractivity contribution is -0.139. The van der Waals surface area contributed by atoms with Crippen molar-refractivity contribution < 1.29 is 19.4 Å². The molecule has 0 aromatic carbocycles. The largest absolute Gasteiger partial charge is 0.480 e. The van der Waals surface area contributed by atoms with Crippen molar-refractivity contribution in [2.45, 2.75) is 32.7 Å². The van der Waals surface area contributed by atoms with Gasteiger partial charge in [0.25, 0.3) is 0 Å². The molecule has 0 bridgehead atoms. The molecule has 0 aliphatic heterocycles. The van der Waals surface area contributed by atoms with Crippen molar-refractivity contribution in [1.82, 2.24) is 10.6 Å². The van der Waals surface area contributed by atoms with Crippen LogP contribution in [0.15, 0.2) is 12.2 Å². The summed E-state index contributed by atoms with van der Waals surface area (Å²) < 4.78 is 5.19. The maximum atomic E-state index is 11.4. The van der Waals surface area contributed by atoms with Crippen LogP contribution >= 0.6 is 0 Å². The fraction of sp³-hybridized carbons (Fsp3) is 0.667. The summed E-state index contributed by atoms with van der Waals surface area (Å²) in [6, 6.07) is -1.33. The molecule has 104 valence electrons. The molecule has 6 nitrogen and oxygen atoms in total. The molecule has 0 unspecified atom stereocenters. The Bertz CT molecular complexity index is 292. The third kappa shape index (κ3) is 8.58. The molecule has 0 fully saturated rings. The molecule has 0 radical (unpaired) electrons. The van der Waals surface area contributed by atoms with Gasteiger partial charge in [0.1, 0.15) is 6.04 Å². The minimum atomic E-state index is -1.02. The molecule has 3 N–H and O–H groups in total. The maximum absolute atomic E-state index is 11.4. The Balaban J connectivity index is 3.74. The molecular formula is C12H22N2O4. The summed E-state index contributed by atoms with van der Waals surface area (Å²) in [7, 11) is 0. The number of carbonyl (C=O) groups is 2. The minimum Gasteiger partial charge on any atom is -0.480 e. The van der Waals surface area contributed by atoms with Gasteiger partial charge >= 0.3 is 12.0 Å². The molecule has 0 aromatic rings. The first-order chi connectivity index (χ1) is 8.47. The second kappa shape index (κ2) is 9.47. The predicted molar refractivity (Wildman–Crippen MR) is 68.5 cm³/mol. The van der Waals surface area contributed by atoms with Gasteiger partial charge in [0, 0.05) is 6.54 Å². The van der Waals surface area contributed by atoms with E-state index in [4.69, 9.17) is 9.84 Å². The van der Waals surface area contributed by atoms with Crippen molar-refractivity contribution in [3.8, 4) is 0 Å². The van der Waals surface area contributed by atoms with Crippen molar-refractivity contribution in [2.75, 3.05) is 19.8 Å². The summed E-state index contributed by atoms with van der Waals surface area (Å²) in [5.41, 5.74) is 0.910. The molecule has 18 heavy (non-hydrogen) atoms. The van der Waals surface area contributed by atoms with Gasteiger partial charge in [-0.3, -0.25) is 0 Å². The van der Waals surface area contributed by atoms with Crippen LogP contribution in [0.25, 0.3) is 0 Å². The van der Waals surface area contributed by atoms with Crippen LogP contribution in [0.4, 0.5) is 4.79 Å². The average Bonchev–Trinajstić information content (AvgIpc) is 2.27. The number of urea groups is 1. The molecule has 0 heterocycles. The van der Waals surface area contributed by atoms with Crippen molar-refractivity contribution in [2.24, 2.45) is 0 Å². The van der Waals surface area contributed by atoms with Gasteiger partial charge in [-0.1, -0.05) is 25.5 Å². The van der Waals surface area contributed by atoms with Crippen LogP contribution in [-0.2, 0) is 9.53 Å². The molecule has 0 saturated carbocycles. The molecule has 0 aromatic heterocycles. The molecule has 0 rings (SSSR count). The first kappa shape index (κ1) is 16.4. The number of rotatable bonds is 9. The molecule has 0 aliphatic carbocycles. The molecule has 0 spiro atoms. The van der Waals surface area contributed by atoms with Crippen molar-refractivity contribution in [3.63, 3.8) is 0 Å². The second-order valence-corrected chi connectivity index (χ2v) is 4.09. The van der Waals surface area contributed by atoms with Crippen LogP contribution in [0.2, 0.25) is 0 Å². The molecule has 0 saturated heterocycles. The number of nitrogens with one attached hydrogen (secondary N) is 2. The summed E-state index contributed by atoms with van der Waals surface area (Å²) in [4.78, 5) is 22.2. The van der Waals surface area contributed by atoms with Gasteiger partial charge in [0.05, 0.1) is 13.2 Å². The monoisotopic (exact) mass is 258 g/mol. The Morgan fingerprint density at radius 1 is 1.44 bits per heavy atom. The van der Waals surface area contributed by atoms with E-state index in [0.29, 0.717) is 32.6 Å². The zero-order chi connectivity index (χ0) is 14.0. The van der Waals surface area contributed by atoms with Crippen LogP contribution < -0.4 is 10.6 Å². The summed E-state index contributed by atoms with van der Waals surface area (Å²) in [6.45, 7) is 8.54. The van der Waals surface area contributed by atoms with E-state index in [9.17, 15) is 9.59 Å². The zero-order valence-corrected chi connectivity index (χ0v) is 11.0. The lowest BCUT2D eigenvalue weighted by Crippen LogP contribution is -2.46. The van der Waals surface area contributed by atoms with Gasteiger partial charge in [-0.25, -0.2) is 9.59 Å². The normalized spacial score (nSPS) is 11.7. The Morgan fingerprint density at radius 3 is 2.61 bits per heavy atom. The van der Waals surface area contributed by atoms with Gasteiger partial charge in [-0.2, -0.15) is 0 Å². The molecule has 1 atom stereocenters. The van der Waals surface area contributed by atoms with E-state index in [0.717, 1.165) is 5.57 Å². The third-order valence-electron chi connectivity index (χ3n) is 2.06. The number of aliphatic carboxylic acids is 1. The lowest BCUT2D eigenvalue weighted by atomic mass is 10.2. The molecule has 6 heteroatoms. The molecular weight excluding hydrogens is 236 g/mol. The molecule has 2 amide bonds. The summed E-state index contributed by atoms with van der Waals surface area (Å²) in [5, 5.41) is 13.8. The lowest BCUT2D eigenvalue weighted by Gasteiger charge is -2.14. The summed E-state index contributed by atoms with van der Waals surface area (Å²) in [6.07, 6.45) is 1.11. The first-order valence-corrected chi connectivity index (χ1v) is 5.96. The van der Waals surface area contributed by atoms with E-state index >= 15 is 0 Å².